The number of aromatic nitrogens is 2. The third-order valence-corrected chi connectivity index (χ3v) is 2.27. The number of nitrogens with one attached hydrogen (secondary N) is 3. The summed E-state index contributed by atoms with van der Waals surface area (Å²) in [6, 6.07) is 0. The van der Waals surface area contributed by atoms with Gasteiger partial charge in [-0.25, -0.2) is 15.8 Å². The Balaban J connectivity index is 2.60. The number of carbonyl (C=O) groups excluding carboxylic acids is 1. The van der Waals surface area contributed by atoms with Crippen molar-refractivity contribution in [1.82, 2.24) is 15.3 Å². The minimum Gasteiger partial charge on any atom is -0.490 e. The summed E-state index contributed by atoms with van der Waals surface area (Å²) in [6.07, 6.45) is 1.33. The van der Waals surface area contributed by atoms with Gasteiger partial charge in [-0.3, -0.25) is 4.79 Å². The topological polar surface area (TPSA) is 114 Å². The molecule has 0 atom stereocenters. The Morgan fingerprint density at radius 2 is 2.11 bits per heavy atom. The molecule has 8 nitrogen and oxygen atoms in total. The zero-order valence-corrected chi connectivity index (χ0v) is 11.4. The number of nitrogens with zero attached hydrogens (tertiary/aromatic N) is 2. The lowest BCUT2D eigenvalue weighted by Gasteiger charge is -2.13. The highest BCUT2D eigenvalue weighted by Crippen LogP contribution is 2.27. The summed E-state index contributed by atoms with van der Waals surface area (Å²) in [5.41, 5.74) is 2.40. The molecule has 0 unspecified atom stereocenters. The van der Waals surface area contributed by atoms with E-state index >= 15 is 0 Å². The number of hydrogen-bond donors (Lipinski definition) is 4. The van der Waals surface area contributed by atoms with Crippen LogP contribution in [0.5, 0.6) is 5.75 Å². The monoisotopic (exact) mass is 268 g/mol. The molecule has 0 radical (unpaired) electrons. The fourth-order valence-electron chi connectivity index (χ4n) is 1.34. The highest BCUT2D eigenvalue weighted by molar-refractivity contribution is 5.81. The smallest absolute Gasteiger partial charge is 0.239 e. The summed E-state index contributed by atoms with van der Waals surface area (Å²) in [6.45, 7) is 4.79. The first-order valence-electron chi connectivity index (χ1n) is 5.94. The second kappa shape index (κ2) is 7.37. The number of nitrogens with two attached hydrogens (primary N) is 1. The molecule has 0 bridgehead atoms. The third-order valence-electron chi connectivity index (χ3n) is 2.27. The van der Waals surface area contributed by atoms with Gasteiger partial charge in [0.2, 0.25) is 11.7 Å². The van der Waals surface area contributed by atoms with Gasteiger partial charge in [0.15, 0.2) is 11.6 Å². The van der Waals surface area contributed by atoms with Crippen LogP contribution in [0.2, 0.25) is 0 Å². The quantitative estimate of drug-likeness (QED) is 0.405. The molecule has 0 aliphatic heterocycles. The maximum Gasteiger partial charge on any atom is 0.239 e. The van der Waals surface area contributed by atoms with Gasteiger partial charge in [0.05, 0.1) is 13.7 Å². The largest absolute Gasteiger partial charge is 0.490 e. The predicted octanol–water partition coefficient (Wildman–Crippen LogP) is -0.0451. The molecule has 1 rings (SSSR count). The lowest BCUT2D eigenvalue weighted by atomic mass is 10.2. The van der Waals surface area contributed by atoms with Gasteiger partial charge in [-0.15, -0.1) is 0 Å². The predicted molar refractivity (Wildman–Crippen MR) is 72.7 cm³/mol. The number of rotatable bonds is 7. The molecule has 1 aromatic rings. The lowest BCUT2D eigenvalue weighted by Crippen LogP contribution is -2.32. The van der Waals surface area contributed by atoms with Gasteiger partial charge < -0.3 is 20.8 Å². The number of hydrazine groups is 1. The van der Waals surface area contributed by atoms with Gasteiger partial charge in [-0.1, -0.05) is 13.8 Å². The summed E-state index contributed by atoms with van der Waals surface area (Å²) in [4.78, 5) is 19.5. The van der Waals surface area contributed by atoms with Crippen molar-refractivity contribution in [3.8, 4) is 5.75 Å². The molecule has 19 heavy (non-hydrogen) atoms. The molecule has 0 spiro atoms. The zero-order valence-electron chi connectivity index (χ0n) is 11.4. The van der Waals surface area contributed by atoms with E-state index in [1.807, 2.05) is 13.8 Å². The van der Waals surface area contributed by atoms with E-state index in [1.165, 1.54) is 13.4 Å². The summed E-state index contributed by atoms with van der Waals surface area (Å²) < 4.78 is 5.14. The van der Waals surface area contributed by atoms with Crippen molar-refractivity contribution in [3.63, 3.8) is 0 Å². The Morgan fingerprint density at radius 3 is 2.68 bits per heavy atom. The van der Waals surface area contributed by atoms with Crippen LogP contribution in [0.15, 0.2) is 6.33 Å². The number of ether oxygens (including phenoxy) is 1. The standard InChI is InChI=1S/C11H20N6O2/c1-7(2)4-13-8(18)5-14-10-9(19-3)11(17-12)16-6-15-10/h6-7H,4-5,12H2,1-3H3,(H,13,18)(H2,14,15,16,17). The van der Waals surface area contributed by atoms with Crippen molar-refractivity contribution in [2.45, 2.75) is 13.8 Å². The molecule has 0 saturated carbocycles. The SMILES string of the molecule is COc1c(NN)ncnc1NCC(=O)NCC(C)C. The molecule has 1 aromatic heterocycles. The third kappa shape index (κ3) is 4.59. The van der Waals surface area contributed by atoms with Crippen LogP contribution in [0.25, 0.3) is 0 Å². The Morgan fingerprint density at radius 1 is 1.42 bits per heavy atom. The molecule has 0 aliphatic carbocycles. The molecule has 1 amide bonds. The van der Waals surface area contributed by atoms with Crippen molar-refractivity contribution in [2.75, 3.05) is 30.9 Å². The van der Waals surface area contributed by atoms with Crippen molar-refractivity contribution >= 4 is 17.5 Å². The first-order valence-corrected chi connectivity index (χ1v) is 5.94. The number of hydrogen-bond acceptors (Lipinski definition) is 7. The summed E-state index contributed by atoms with van der Waals surface area (Å²) >= 11 is 0. The van der Waals surface area contributed by atoms with Gasteiger partial charge in [-0.2, -0.15) is 0 Å². The van der Waals surface area contributed by atoms with Crippen molar-refractivity contribution in [1.29, 1.82) is 0 Å². The Labute approximate surface area is 112 Å². The maximum atomic E-state index is 11.6. The van der Waals surface area contributed by atoms with Gasteiger partial charge in [-0.05, 0) is 5.92 Å². The highest BCUT2D eigenvalue weighted by atomic mass is 16.5. The number of anilines is 2. The Kier molecular flexibility index (Phi) is 5.80. The molecule has 5 N–H and O–H groups in total. The van der Waals surface area contributed by atoms with E-state index in [2.05, 4.69) is 26.0 Å². The van der Waals surface area contributed by atoms with E-state index in [-0.39, 0.29) is 12.5 Å². The summed E-state index contributed by atoms with van der Waals surface area (Å²) in [5.74, 6) is 6.72. The van der Waals surface area contributed by atoms with Crippen LogP contribution >= 0.6 is 0 Å². The fraction of sp³-hybridized carbons (Fsp3) is 0.545. The van der Waals surface area contributed by atoms with Crippen LogP contribution in [-0.2, 0) is 4.79 Å². The average Bonchev–Trinajstić information content (AvgIpc) is 2.42. The van der Waals surface area contributed by atoms with E-state index in [0.29, 0.717) is 29.8 Å². The lowest BCUT2D eigenvalue weighted by molar-refractivity contribution is -0.119. The van der Waals surface area contributed by atoms with E-state index in [0.717, 1.165) is 0 Å². The number of amides is 1. The molecule has 8 heteroatoms. The van der Waals surface area contributed by atoms with E-state index in [1.54, 1.807) is 0 Å². The average molecular weight is 268 g/mol. The van der Waals surface area contributed by atoms with Gasteiger partial charge in [0.25, 0.3) is 0 Å². The van der Waals surface area contributed by atoms with Gasteiger partial charge in [0.1, 0.15) is 6.33 Å². The van der Waals surface area contributed by atoms with Crippen LogP contribution in [-0.4, -0.2) is 36.1 Å². The first-order chi connectivity index (χ1) is 9.08. The Bertz CT molecular complexity index is 424. The first kappa shape index (κ1) is 15.0. The number of nitrogen functional groups attached to an aromatic ring is 1. The fourth-order valence-corrected chi connectivity index (χ4v) is 1.34. The molecule has 0 fully saturated rings. The van der Waals surface area contributed by atoms with Crippen molar-refractivity contribution in [2.24, 2.45) is 11.8 Å². The minimum atomic E-state index is -0.114. The van der Waals surface area contributed by atoms with Crippen LogP contribution < -0.4 is 26.6 Å². The normalized spacial score (nSPS) is 10.2. The van der Waals surface area contributed by atoms with E-state index in [4.69, 9.17) is 10.6 Å². The van der Waals surface area contributed by atoms with Crippen molar-refractivity contribution in [3.05, 3.63) is 6.33 Å². The zero-order chi connectivity index (χ0) is 14.3. The van der Waals surface area contributed by atoms with E-state index < -0.39 is 0 Å². The number of carbonyl (C=O) groups is 1. The van der Waals surface area contributed by atoms with Crippen LogP contribution in [0.1, 0.15) is 13.8 Å². The second-order valence-corrected chi connectivity index (χ2v) is 4.30. The number of methoxy groups -OCH3 is 1. The Hall–Kier alpha value is -2.09. The van der Waals surface area contributed by atoms with Gasteiger partial charge >= 0.3 is 0 Å². The van der Waals surface area contributed by atoms with Crippen LogP contribution in [0.3, 0.4) is 0 Å². The molecule has 0 aromatic carbocycles. The maximum absolute atomic E-state index is 11.6. The van der Waals surface area contributed by atoms with Crippen LogP contribution in [0.4, 0.5) is 11.6 Å². The molecular formula is C11H20N6O2. The van der Waals surface area contributed by atoms with Crippen molar-refractivity contribution < 1.29 is 9.53 Å². The molecule has 1 heterocycles. The highest BCUT2D eigenvalue weighted by Gasteiger charge is 2.12. The van der Waals surface area contributed by atoms with Gasteiger partial charge in [0, 0.05) is 6.54 Å². The second-order valence-electron chi connectivity index (χ2n) is 4.30. The van der Waals surface area contributed by atoms with E-state index in [9.17, 15) is 4.79 Å². The van der Waals surface area contributed by atoms with Crippen LogP contribution in [0, 0.1) is 5.92 Å². The minimum absolute atomic E-state index is 0.101. The summed E-state index contributed by atoms with van der Waals surface area (Å²) in [7, 11) is 1.48. The summed E-state index contributed by atoms with van der Waals surface area (Å²) in [5, 5.41) is 5.67. The molecule has 0 aliphatic rings. The molecule has 0 saturated heterocycles. The molecule has 106 valence electrons. The molecular weight excluding hydrogens is 248 g/mol.